The molecule has 0 aliphatic carbocycles. The number of hydrogen-bond donors (Lipinski definition) is 2. The molecular weight excluding hydrogens is 290 g/mol. The van der Waals surface area contributed by atoms with E-state index in [4.69, 9.17) is 9.84 Å². The minimum atomic E-state index is -1.03. The van der Waals surface area contributed by atoms with Gasteiger partial charge in [0.2, 0.25) is 5.91 Å². The Hall–Kier alpha value is -1.40. The second kappa shape index (κ2) is 8.14. The average molecular weight is 313 g/mol. The zero-order chi connectivity index (χ0) is 15.9. The molecule has 1 aromatic heterocycles. The van der Waals surface area contributed by atoms with E-state index < -0.39 is 12.0 Å². The second-order valence-electron chi connectivity index (χ2n) is 5.79. The van der Waals surface area contributed by atoms with Gasteiger partial charge in [0.25, 0.3) is 0 Å². The van der Waals surface area contributed by atoms with Gasteiger partial charge >= 0.3 is 5.97 Å². The van der Waals surface area contributed by atoms with E-state index in [9.17, 15) is 9.59 Å². The summed E-state index contributed by atoms with van der Waals surface area (Å²) in [5.41, 5.74) is -0.313. The smallest absolute Gasteiger partial charge is 0.326 e. The Morgan fingerprint density at radius 3 is 2.67 bits per heavy atom. The molecule has 0 bridgehead atoms. The van der Waals surface area contributed by atoms with Crippen molar-refractivity contribution in [2.45, 2.75) is 51.7 Å². The largest absolute Gasteiger partial charge is 0.480 e. The summed E-state index contributed by atoms with van der Waals surface area (Å²) >= 11 is 1.59. The van der Waals surface area contributed by atoms with Crippen LogP contribution in [0, 0.1) is 0 Å². The van der Waals surface area contributed by atoms with Crippen molar-refractivity contribution < 1.29 is 19.4 Å². The van der Waals surface area contributed by atoms with Gasteiger partial charge in [-0.15, -0.1) is 11.3 Å². The molecule has 5 nitrogen and oxygen atoms in total. The van der Waals surface area contributed by atoms with Crippen LogP contribution >= 0.6 is 11.3 Å². The van der Waals surface area contributed by atoms with Crippen LogP contribution in [0.4, 0.5) is 0 Å². The van der Waals surface area contributed by atoms with Crippen molar-refractivity contribution in [1.82, 2.24) is 5.32 Å². The number of carboxylic acid groups (broad SMARTS) is 1. The lowest BCUT2D eigenvalue weighted by molar-refractivity contribution is -0.142. The van der Waals surface area contributed by atoms with Crippen LogP contribution in [0.1, 0.15) is 38.5 Å². The van der Waals surface area contributed by atoms with E-state index in [0.29, 0.717) is 19.4 Å². The highest BCUT2D eigenvalue weighted by Gasteiger charge is 2.21. The standard InChI is InChI=1S/C15H23NO4S/c1-15(2,3)20-9-8-12(14(18)19)16-13(17)7-6-11-5-4-10-21-11/h4-5,10,12H,6-9H2,1-3H3,(H,16,17)(H,18,19). The predicted molar refractivity (Wildman–Crippen MR) is 82.5 cm³/mol. The van der Waals surface area contributed by atoms with Gasteiger partial charge < -0.3 is 15.2 Å². The number of ether oxygens (including phenoxy) is 1. The van der Waals surface area contributed by atoms with Crippen LogP contribution in [0.15, 0.2) is 17.5 Å². The molecule has 0 saturated heterocycles. The molecule has 0 fully saturated rings. The molecule has 1 rings (SSSR count). The van der Waals surface area contributed by atoms with Crippen LogP contribution in [0.25, 0.3) is 0 Å². The van der Waals surface area contributed by atoms with E-state index >= 15 is 0 Å². The Morgan fingerprint density at radius 2 is 2.14 bits per heavy atom. The van der Waals surface area contributed by atoms with Crippen molar-refractivity contribution in [3.8, 4) is 0 Å². The van der Waals surface area contributed by atoms with Crippen LogP contribution in [-0.2, 0) is 20.7 Å². The van der Waals surface area contributed by atoms with Gasteiger partial charge in [0.1, 0.15) is 6.04 Å². The van der Waals surface area contributed by atoms with Crippen LogP contribution < -0.4 is 5.32 Å². The molecule has 2 N–H and O–H groups in total. The maximum atomic E-state index is 11.8. The van der Waals surface area contributed by atoms with Crippen LogP contribution in [-0.4, -0.2) is 35.2 Å². The quantitative estimate of drug-likeness (QED) is 0.773. The molecule has 1 aromatic rings. The number of aliphatic carboxylic acids is 1. The number of carbonyl (C=O) groups is 2. The summed E-state index contributed by atoms with van der Waals surface area (Å²) in [6.45, 7) is 6.01. The molecule has 6 heteroatoms. The fourth-order valence-electron chi connectivity index (χ4n) is 1.70. The topological polar surface area (TPSA) is 75.6 Å². The van der Waals surface area contributed by atoms with Gasteiger partial charge in [-0.25, -0.2) is 4.79 Å². The lowest BCUT2D eigenvalue weighted by Gasteiger charge is -2.21. The number of nitrogens with one attached hydrogen (secondary N) is 1. The minimum absolute atomic E-state index is 0.244. The van der Waals surface area contributed by atoms with E-state index in [2.05, 4.69) is 5.32 Å². The van der Waals surface area contributed by atoms with Gasteiger partial charge in [0.15, 0.2) is 0 Å². The summed E-state index contributed by atoms with van der Waals surface area (Å²) in [6.07, 6.45) is 1.19. The molecule has 0 aliphatic rings. The van der Waals surface area contributed by atoms with Crippen molar-refractivity contribution >= 4 is 23.2 Å². The zero-order valence-corrected chi connectivity index (χ0v) is 13.5. The van der Waals surface area contributed by atoms with Gasteiger partial charge in [0, 0.05) is 24.3 Å². The minimum Gasteiger partial charge on any atom is -0.480 e. The highest BCUT2D eigenvalue weighted by atomic mass is 32.1. The number of thiophene rings is 1. The molecule has 0 aliphatic heterocycles. The molecule has 0 saturated carbocycles. The Labute approximate surface area is 129 Å². The molecule has 1 amide bonds. The molecule has 118 valence electrons. The summed E-state index contributed by atoms with van der Waals surface area (Å²) in [4.78, 5) is 24.1. The first-order valence-corrected chi connectivity index (χ1v) is 7.84. The molecule has 1 heterocycles. The summed E-state index contributed by atoms with van der Waals surface area (Å²) in [5.74, 6) is -1.27. The van der Waals surface area contributed by atoms with Crippen molar-refractivity contribution in [1.29, 1.82) is 0 Å². The molecule has 1 unspecified atom stereocenters. The number of amides is 1. The molecule has 0 aromatic carbocycles. The third-order valence-electron chi connectivity index (χ3n) is 2.75. The number of aryl methyl sites for hydroxylation is 1. The van der Waals surface area contributed by atoms with Crippen molar-refractivity contribution in [3.63, 3.8) is 0 Å². The van der Waals surface area contributed by atoms with Crippen LogP contribution in [0.2, 0.25) is 0 Å². The monoisotopic (exact) mass is 313 g/mol. The normalized spacial score (nSPS) is 12.9. The Bertz CT molecular complexity index is 451. The van der Waals surface area contributed by atoms with E-state index in [1.165, 1.54) is 0 Å². The first-order valence-electron chi connectivity index (χ1n) is 6.96. The lowest BCUT2D eigenvalue weighted by atomic mass is 10.1. The van der Waals surface area contributed by atoms with Crippen molar-refractivity contribution in [2.24, 2.45) is 0 Å². The molecule has 1 atom stereocenters. The Kier molecular flexibility index (Phi) is 6.84. The third-order valence-corrected chi connectivity index (χ3v) is 3.69. The van der Waals surface area contributed by atoms with Crippen LogP contribution in [0.3, 0.4) is 0 Å². The number of hydrogen-bond acceptors (Lipinski definition) is 4. The SMILES string of the molecule is CC(C)(C)OCCC(NC(=O)CCc1cccs1)C(=O)O. The Morgan fingerprint density at radius 1 is 1.43 bits per heavy atom. The maximum absolute atomic E-state index is 11.8. The zero-order valence-electron chi connectivity index (χ0n) is 12.7. The fraction of sp³-hybridized carbons (Fsp3) is 0.600. The highest BCUT2D eigenvalue weighted by molar-refractivity contribution is 7.09. The van der Waals surface area contributed by atoms with Crippen molar-refractivity contribution in [2.75, 3.05) is 6.61 Å². The third kappa shape index (κ3) is 7.82. The predicted octanol–water partition coefficient (Wildman–Crippen LogP) is 2.46. The number of rotatable bonds is 8. The van der Waals surface area contributed by atoms with Crippen molar-refractivity contribution in [3.05, 3.63) is 22.4 Å². The summed E-state index contributed by atoms with van der Waals surface area (Å²) < 4.78 is 5.50. The molecular formula is C15H23NO4S. The summed E-state index contributed by atoms with van der Waals surface area (Å²) in [6, 6.07) is 2.99. The highest BCUT2D eigenvalue weighted by Crippen LogP contribution is 2.11. The second-order valence-corrected chi connectivity index (χ2v) is 6.82. The molecule has 0 radical (unpaired) electrons. The lowest BCUT2D eigenvalue weighted by Crippen LogP contribution is -2.42. The fourth-order valence-corrected chi connectivity index (χ4v) is 2.41. The van der Waals surface area contributed by atoms with Gasteiger partial charge in [-0.1, -0.05) is 6.07 Å². The first kappa shape index (κ1) is 17.7. The van der Waals surface area contributed by atoms with E-state index in [-0.39, 0.29) is 17.9 Å². The van der Waals surface area contributed by atoms with Gasteiger partial charge in [-0.2, -0.15) is 0 Å². The van der Waals surface area contributed by atoms with Gasteiger partial charge in [0.05, 0.1) is 5.60 Å². The number of carbonyl (C=O) groups excluding carboxylic acids is 1. The van der Waals surface area contributed by atoms with E-state index in [1.807, 2.05) is 38.3 Å². The summed E-state index contributed by atoms with van der Waals surface area (Å²) in [5, 5.41) is 13.6. The van der Waals surface area contributed by atoms with Crippen LogP contribution in [0.5, 0.6) is 0 Å². The van der Waals surface area contributed by atoms with Gasteiger partial charge in [-0.05, 0) is 38.6 Å². The molecule has 0 spiro atoms. The van der Waals surface area contributed by atoms with E-state index in [1.54, 1.807) is 11.3 Å². The molecule has 21 heavy (non-hydrogen) atoms. The van der Waals surface area contributed by atoms with E-state index in [0.717, 1.165) is 4.88 Å². The maximum Gasteiger partial charge on any atom is 0.326 e. The average Bonchev–Trinajstić information content (AvgIpc) is 2.86. The Balaban J connectivity index is 2.35. The number of carboxylic acids is 1. The first-order chi connectivity index (χ1) is 9.78. The summed E-state index contributed by atoms with van der Waals surface area (Å²) in [7, 11) is 0. The van der Waals surface area contributed by atoms with Gasteiger partial charge in [-0.3, -0.25) is 4.79 Å².